The number of H-pyrrole nitrogens is 1. The van der Waals surface area contributed by atoms with Crippen molar-refractivity contribution >= 4 is 91.4 Å². The van der Waals surface area contributed by atoms with Crippen LogP contribution < -0.4 is 10.2 Å². The van der Waals surface area contributed by atoms with Crippen LogP contribution in [0.3, 0.4) is 0 Å². The molecule has 3 aromatic heterocycles. The quantitative estimate of drug-likeness (QED) is 0.0644. The Bertz CT molecular complexity index is 7830. The SMILES string of the molecule is CC1=C(C)[N+](C)=C(C)/C1=C1\C(=O)C(c2c(C)c(C)n(C)c2C)=C1[O-].CC1=C/C(=C2/C(=O)C(c3cc(C)n(C)c3C)=C2[O-])C(C)=[N+]1C.CC1=CC(C)=C(C2=C(O)C(=C3N=C(C)C=C3C)C2=O)C1.CC1=NC(=C2C(=O)C(C3=C(C)C(C)=C(C)C3)=C2O)C(C)=C1C.CC1=NC(c2ccccc2)=CC1=C1C(=O)C(c2cc(-c3ccccc3)[nH]c2C)=C1O.CCC1=C(C)CC(C2=C(O)C(=C3N=C(C)C(CC)=C3C)C2=O)=C1C. The van der Waals surface area contributed by atoms with Gasteiger partial charge in [-0.2, -0.15) is 0 Å². The molecule has 0 atom stereocenters. The highest BCUT2D eigenvalue weighted by molar-refractivity contribution is 6.43. The minimum Gasteiger partial charge on any atom is -0.871 e. The molecule has 20 rings (SSSR count). The minimum absolute atomic E-state index is 0.0387. The summed E-state index contributed by atoms with van der Waals surface area (Å²) >= 11 is 0. The van der Waals surface area contributed by atoms with Gasteiger partial charge in [0, 0.05) is 161 Å². The first-order valence-electron chi connectivity index (χ1n) is 48.4. The van der Waals surface area contributed by atoms with Crippen LogP contribution in [-0.2, 0) is 42.9 Å². The van der Waals surface area contributed by atoms with Crippen LogP contribution in [0.25, 0.3) is 33.7 Å². The normalized spacial score (nSPS) is 22.7. The van der Waals surface area contributed by atoms with Crippen LogP contribution in [0.5, 0.6) is 0 Å². The van der Waals surface area contributed by atoms with Crippen molar-refractivity contribution in [2.24, 2.45) is 34.1 Å². The van der Waals surface area contributed by atoms with E-state index in [4.69, 9.17) is 0 Å². The average molecular weight is 1900 g/mol. The van der Waals surface area contributed by atoms with Gasteiger partial charge in [-0.15, -0.1) is 0 Å². The number of carbonyl (C=O) groups is 6. The summed E-state index contributed by atoms with van der Waals surface area (Å²) in [7, 11) is 7.82. The molecule has 0 unspecified atom stereocenters. The maximum absolute atomic E-state index is 13.1. The molecule has 5 aromatic rings. The number of nitrogens with one attached hydrogen (secondary N) is 1. The molecule has 21 nitrogen and oxygen atoms in total. The van der Waals surface area contributed by atoms with Gasteiger partial charge in [-0.25, -0.2) is 9.15 Å². The molecular weight excluding hydrogens is 1770 g/mol. The number of aryl methyl sites for hydroxylation is 2. The van der Waals surface area contributed by atoms with Gasteiger partial charge >= 0.3 is 0 Å². The molecular formula is C121H127N9O12. The molecule has 142 heavy (non-hydrogen) atoms. The van der Waals surface area contributed by atoms with Crippen LogP contribution in [0.4, 0.5) is 0 Å². The van der Waals surface area contributed by atoms with E-state index >= 15 is 0 Å². The summed E-state index contributed by atoms with van der Waals surface area (Å²) in [5.41, 5.74) is 47.2. The fourth-order valence-electron chi connectivity index (χ4n) is 21.5. The van der Waals surface area contributed by atoms with E-state index < -0.39 is 0 Å². The number of aliphatic imine (C=N–C) groups is 4. The lowest BCUT2D eigenvalue weighted by atomic mass is 9.78. The number of hydrogen-bond acceptors (Lipinski definition) is 16. The van der Waals surface area contributed by atoms with E-state index in [-0.39, 0.29) is 69.3 Å². The third kappa shape index (κ3) is 16.5. The number of aliphatic hydroxyl groups excluding tert-OH is 4. The Kier molecular flexibility index (Phi) is 27.2. The molecule has 0 amide bonds. The second-order valence-electron chi connectivity index (χ2n) is 39.4. The largest absolute Gasteiger partial charge is 0.871 e. The Balaban J connectivity index is 0.000000129. The van der Waals surface area contributed by atoms with Gasteiger partial charge in [-0.05, 0) is 292 Å². The lowest BCUT2D eigenvalue weighted by Gasteiger charge is -2.32. The van der Waals surface area contributed by atoms with Crippen LogP contribution in [0.2, 0.25) is 0 Å². The van der Waals surface area contributed by atoms with Crippen LogP contribution >= 0.6 is 0 Å². The summed E-state index contributed by atoms with van der Waals surface area (Å²) < 4.78 is 8.08. The van der Waals surface area contributed by atoms with E-state index in [0.29, 0.717) is 89.5 Å². The van der Waals surface area contributed by atoms with Crippen molar-refractivity contribution in [3.8, 4) is 11.3 Å². The third-order valence-electron chi connectivity index (χ3n) is 31.4. The average Bonchev–Trinajstić information content (AvgIpc) is 1.69. The number of aromatic nitrogens is 3. The molecule has 5 N–H and O–H groups in total. The van der Waals surface area contributed by atoms with Crippen molar-refractivity contribution in [2.45, 2.75) is 226 Å². The lowest BCUT2D eigenvalue weighted by molar-refractivity contribution is -0.440. The number of hydrogen-bond donors (Lipinski definition) is 5. The Hall–Kier alpha value is -15.1. The van der Waals surface area contributed by atoms with E-state index in [1.807, 2.05) is 290 Å². The van der Waals surface area contributed by atoms with E-state index in [1.165, 1.54) is 33.4 Å². The zero-order valence-electron chi connectivity index (χ0n) is 87.9. The molecule has 728 valence electrons. The monoisotopic (exact) mass is 1900 g/mol. The van der Waals surface area contributed by atoms with Crippen molar-refractivity contribution in [2.75, 3.05) is 14.1 Å². The second kappa shape index (κ2) is 38.1. The molecule has 9 aliphatic carbocycles. The fourth-order valence-corrected chi connectivity index (χ4v) is 21.5. The minimum atomic E-state index is -0.149. The number of aromatic amines is 1. The predicted molar refractivity (Wildman–Crippen MR) is 565 cm³/mol. The summed E-state index contributed by atoms with van der Waals surface area (Å²) in [5.74, 6) is -0.478. The molecule has 0 saturated carbocycles. The molecule has 6 aliphatic heterocycles. The van der Waals surface area contributed by atoms with Gasteiger partial charge in [0.2, 0.25) is 23.1 Å². The Morgan fingerprint density at radius 3 is 1.35 bits per heavy atom. The van der Waals surface area contributed by atoms with Crippen molar-refractivity contribution in [1.82, 2.24) is 14.1 Å². The summed E-state index contributed by atoms with van der Waals surface area (Å²) in [4.78, 5) is 97.8. The molecule has 9 heterocycles. The van der Waals surface area contributed by atoms with Gasteiger partial charge in [-0.1, -0.05) is 109 Å². The number of benzene rings is 2. The molecule has 0 radical (unpaired) electrons. The Morgan fingerprint density at radius 2 is 0.908 bits per heavy atom. The number of Topliss-reactive ketones (excluding diaryl/α,β-unsaturated/α-hetero) is 6. The van der Waals surface area contributed by atoms with Crippen molar-refractivity contribution in [1.29, 1.82) is 0 Å². The first-order valence-corrected chi connectivity index (χ1v) is 48.4. The smallest absolute Gasteiger partial charge is 0.203 e. The van der Waals surface area contributed by atoms with E-state index in [9.17, 15) is 59.4 Å². The Morgan fingerprint density at radius 1 is 0.394 bits per heavy atom. The van der Waals surface area contributed by atoms with E-state index in [2.05, 4.69) is 72.6 Å². The number of allylic oxidation sites excluding steroid dienone is 38. The highest BCUT2D eigenvalue weighted by Gasteiger charge is 2.48. The van der Waals surface area contributed by atoms with Gasteiger partial charge in [0.05, 0.1) is 78.5 Å². The predicted octanol–water partition coefficient (Wildman–Crippen LogP) is 23.1. The molecule has 15 aliphatic rings. The number of nitrogens with zero attached hydrogens (tertiary/aromatic N) is 8. The van der Waals surface area contributed by atoms with Crippen LogP contribution in [0.1, 0.15) is 241 Å². The lowest BCUT2D eigenvalue weighted by Crippen LogP contribution is -2.32. The third-order valence-corrected chi connectivity index (χ3v) is 31.4. The van der Waals surface area contributed by atoms with E-state index in [0.717, 1.165) is 223 Å². The molecule has 0 bridgehead atoms. The number of rotatable bonds is 10. The standard InChI is InChI=1S/C26H20N2O2.C21H25NO2.C20H24N2O2.C19H21NO2.C18H20N2O2.C17H17NO2/c1-15-19(13-21(27-15)17-9-5-3-6-10-17)23-25(29)24(26(23)30)20-14-22(28-16(20)2)18-11-7-4-8-12-18;1-7-14-10(3)9-16(11(14)4)17-20(23)18(21(17)24)19-12(5)15(8-2)13(6)22-19;1-9-11(3)21(7)13(5)15(9)17-19(23)18(20(17)24)16-10(2)12(4)22(8)14(16)6;1-8-7-14(11(4)9(8)2)15-18(21)16(19(15)22)17-12(5)10(3)13(6)20-17;1-9-7-13(11(3)19(9)5)15-17(21)16(18(15)22)14-8-10(2)20(6)12(14)4;1-8-5-9(2)12(6-8)13-16(19)14(17(13)20)15-10(3)7-11(4)18-15/h3-14,27,29H,1-2H3;23H,7-9H2,1-6H3;1-8H3;21H,7H2,1-6H3;7-8H,1-6H3;5,7,19H,6H2,1-4H3. The molecule has 21 heteroatoms. The van der Waals surface area contributed by atoms with Gasteiger partial charge in [-0.3, -0.25) is 48.7 Å². The van der Waals surface area contributed by atoms with Gasteiger partial charge in [0.25, 0.3) is 0 Å². The summed E-state index contributed by atoms with van der Waals surface area (Å²) in [6.45, 7) is 55.7. The fraction of sp³-hybridized carbons (Fsp3) is 0.306. The topological polar surface area (TPSA) is 311 Å². The van der Waals surface area contributed by atoms with E-state index in [1.54, 1.807) is 0 Å². The summed E-state index contributed by atoms with van der Waals surface area (Å²) in [6.07, 6.45) is 11.9. The highest BCUT2D eigenvalue weighted by atomic mass is 16.3. The Labute approximate surface area is 832 Å². The first kappa shape index (κ1) is 101. The highest BCUT2D eigenvalue weighted by Crippen LogP contribution is 2.52. The van der Waals surface area contributed by atoms with Gasteiger partial charge in [0.15, 0.2) is 34.4 Å². The van der Waals surface area contributed by atoms with Crippen molar-refractivity contribution < 1.29 is 68.6 Å². The van der Waals surface area contributed by atoms with Gasteiger partial charge in [0.1, 0.15) is 37.1 Å². The molecule has 0 saturated heterocycles. The zero-order valence-corrected chi connectivity index (χ0v) is 87.9. The number of ketones is 6. The maximum atomic E-state index is 13.1. The summed E-state index contributed by atoms with van der Waals surface area (Å²) in [6, 6.07) is 23.6. The number of carbonyl (C=O) groups excluding carboxylic acids is 6. The molecule has 0 spiro atoms. The maximum Gasteiger partial charge on any atom is 0.203 e. The molecule has 2 aromatic carbocycles. The summed E-state index contributed by atoms with van der Waals surface area (Å²) in [5, 5.41) is 67.8. The van der Waals surface area contributed by atoms with Crippen molar-refractivity contribution in [3.63, 3.8) is 0 Å². The van der Waals surface area contributed by atoms with Gasteiger partial charge < -0.3 is 44.8 Å². The van der Waals surface area contributed by atoms with Crippen LogP contribution in [-0.4, -0.2) is 127 Å². The second-order valence-corrected chi connectivity index (χ2v) is 39.4. The zero-order chi connectivity index (χ0) is 104. The first-order chi connectivity index (χ1) is 66.9. The van der Waals surface area contributed by atoms with Crippen LogP contribution in [0.15, 0.2) is 342 Å². The number of aliphatic hydroxyl groups is 4. The van der Waals surface area contributed by atoms with Crippen LogP contribution in [0, 0.1) is 41.5 Å². The van der Waals surface area contributed by atoms with Crippen molar-refractivity contribution in [3.05, 3.63) is 378 Å². The molecule has 0 fully saturated rings.